The molecule has 0 amide bonds. The fourth-order valence-electron chi connectivity index (χ4n) is 3.89. The number of hydrogen-bond donors (Lipinski definition) is 1. The van der Waals surface area contributed by atoms with Crippen molar-refractivity contribution in [1.29, 1.82) is 0 Å². The van der Waals surface area contributed by atoms with Crippen LogP contribution in [-0.2, 0) is 12.8 Å². The lowest BCUT2D eigenvalue weighted by atomic mass is 9.99. The summed E-state index contributed by atoms with van der Waals surface area (Å²) in [7, 11) is 1.87. The number of guanidine groups is 1. The first-order valence-corrected chi connectivity index (χ1v) is 9.70. The maximum Gasteiger partial charge on any atom is 0.231 e. The Morgan fingerprint density at radius 1 is 1.11 bits per heavy atom. The average Bonchev–Trinajstić information content (AvgIpc) is 3.35. The highest BCUT2D eigenvalue weighted by Gasteiger charge is 2.24. The van der Waals surface area contributed by atoms with Crippen molar-refractivity contribution in [1.82, 2.24) is 10.2 Å². The van der Waals surface area contributed by atoms with E-state index < -0.39 is 0 Å². The summed E-state index contributed by atoms with van der Waals surface area (Å²) >= 11 is 0. The van der Waals surface area contributed by atoms with Gasteiger partial charge in [-0.25, -0.2) is 0 Å². The van der Waals surface area contributed by atoms with E-state index in [0.717, 1.165) is 49.9 Å². The van der Waals surface area contributed by atoms with Crippen LogP contribution in [0.2, 0.25) is 0 Å². The van der Waals surface area contributed by atoms with Gasteiger partial charge in [-0.05, 0) is 48.4 Å². The van der Waals surface area contributed by atoms with E-state index in [9.17, 15) is 0 Å². The smallest absolute Gasteiger partial charge is 0.231 e. The molecule has 2 aliphatic heterocycles. The summed E-state index contributed by atoms with van der Waals surface area (Å²) in [5.74, 6) is 3.38. The largest absolute Gasteiger partial charge is 0.454 e. The maximum atomic E-state index is 5.46. The van der Waals surface area contributed by atoms with E-state index in [2.05, 4.69) is 57.7 Å². The molecule has 0 saturated carbocycles. The monoisotopic (exact) mass is 365 g/mol. The summed E-state index contributed by atoms with van der Waals surface area (Å²) in [5, 5.41) is 3.52. The highest BCUT2D eigenvalue weighted by Crippen LogP contribution is 2.32. The van der Waals surface area contributed by atoms with E-state index in [-0.39, 0.29) is 0 Å². The van der Waals surface area contributed by atoms with Crippen molar-refractivity contribution in [3.8, 4) is 11.5 Å². The van der Waals surface area contributed by atoms with Gasteiger partial charge in [0.05, 0.1) is 0 Å². The van der Waals surface area contributed by atoms with Gasteiger partial charge in [0.1, 0.15) is 0 Å². The number of ether oxygens (including phenoxy) is 2. The molecule has 2 aliphatic rings. The molecular formula is C22H27N3O2. The van der Waals surface area contributed by atoms with Crippen LogP contribution < -0.4 is 14.8 Å². The second kappa shape index (κ2) is 8.33. The molecule has 1 fully saturated rings. The summed E-state index contributed by atoms with van der Waals surface area (Å²) in [6.45, 7) is 3.31. The first-order valence-electron chi connectivity index (χ1n) is 9.70. The zero-order valence-corrected chi connectivity index (χ0v) is 15.9. The molecule has 1 saturated heterocycles. The fraction of sp³-hybridized carbons (Fsp3) is 0.409. The van der Waals surface area contributed by atoms with Crippen LogP contribution in [0, 0.1) is 5.92 Å². The van der Waals surface area contributed by atoms with Crippen molar-refractivity contribution >= 4 is 5.96 Å². The van der Waals surface area contributed by atoms with Crippen molar-refractivity contribution in [3.05, 3.63) is 59.7 Å². The van der Waals surface area contributed by atoms with Crippen LogP contribution in [-0.4, -0.2) is 44.3 Å². The van der Waals surface area contributed by atoms with Crippen LogP contribution in [0.25, 0.3) is 0 Å². The third-order valence-electron chi connectivity index (χ3n) is 5.30. The summed E-state index contributed by atoms with van der Waals surface area (Å²) in [4.78, 5) is 6.87. The van der Waals surface area contributed by atoms with E-state index in [4.69, 9.17) is 9.47 Å². The molecule has 2 aromatic carbocycles. The normalized spacial score (nSPS) is 18.8. The van der Waals surface area contributed by atoms with Gasteiger partial charge in [-0.2, -0.15) is 0 Å². The average molecular weight is 365 g/mol. The van der Waals surface area contributed by atoms with Gasteiger partial charge in [0, 0.05) is 26.7 Å². The van der Waals surface area contributed by atoms with Gasteiger partial charge in [0.25, 0.3) is 0 Å². The van der Waals surface area contributed by atoms with Crippen LogP contribution >= 0.6 is 0 Å². The van der Waals surface area contributed by atoms with Gasteiger partial charge in [-0.15, -0.1) is 0 Å². The Labute approximate surface area is 161 Å². The van der Waals surface area contributed by atoms with Crippen LogP contribution in [0.3, 0.4) is 0 Å². The molecule has 0 spiro atoms. The lowest BCUT2D eigenvalue weighted by Crippen LogP contribution is -2.41. The minimum Gasteiger partial charge on any atom is -0.454 e. The van der Waals surface area contributed by atoms with Crippen molar-refractivity contribution in [2.75, 3.05) is 33.5 Å². The lowest BCUT2D eigenvalue weighted by molar-refractivity contribution is 0.174. The number of benzene rings is 2. The highest BCUT2D eigenvalue weighted by molar-refractivity contribution is 5.80. The van der Waals surface area contributed by atoms with E-state index in [1.54, 1.807) is 0 Å². The molecule has 5 heteroatoms. The predicted molar refractivity (Wildman–Crippen MR) is 107 cm³/mol. The molecular weight excluding hydrogens is 338 g/mol. The fourth-order valence-corrected chi connectivity index (χ4v) is 3.89. The van der Waals surface area contributed by atoms with Gasteiger partial charge in [0.15, 0.2) is 17.5 Å². The van der Waals surface area contributed by atoms with E-state index in [1.165, 1.54) is 17.5 Å². The number of fused-ring (bicyclic) bond motifs is 1. The van der Waals surface area contributed by atoms with E-state index >= 15 is 0 Å². The van der Waals surface area contributed by atoms with Gasteiger partial charge in [-0.3, -0.25) is 4.99 Å². The molecule has 2 aromatic rings. The van der Waals surface area contributed by atoms with Crippen LogP contribution in [0.4, 0.5) is 0 Å². The standard InChI is InChI=1S/C22H27N3O2/c1-23-22(24-11-9-18-7-8-20-21(14-18)27-16-26-20)25-12-10-19(15-25)13-17-5-3-2-4-6-17/h2-8,14,19H,9-13,15-16H2,1H3,(H,23,24). The third-order valence-corrected chi connectivity index (χ3v) is 5.30. The molecule has 142 valence electrons. The lowest BCUT2D eigenvalue weighted by Gasteiger charge is -2.22. The number of hydrogen-bond acceptors (Lipinski definition) is 3. The van der Waals surface area contributed by atoms with Crippen LogP contribution in [0.1, 0.15) is 17.5 Å². The topological polar surface area (TPSA) is 46.1 Å². The summed E-state index contributed by atoms with van der Waals surface area (Å²) in [5.41, 5.74) is 2.67. The second-order valence-corrected chi connectivity index (χ2v) is 7.20. The van der Waals surface area contributed by atoms with Crippen molar-refractivity contribution in [2.24, 2.45) is 10.9 Å². The van der Waals surface area contributed by atoms with Gasteiger partial charge >= 0.3 is 0 Å². The van der Waals surface area contributed by atoms with E-state index in [0.29, 0.717) is 12.7 Å². The number of nitrogens with zero attached hydrogens (tertiary/aromatic N) is 2. The SMILES string of the molecule is CN=C(NCCc1ccc2c(c1)OCO2)N1CCC(Cc2ccccc2)C1. The highest BCUT2D eigenvalue weighted by atomic mass is 16.7. The molecule has 1 N–H and O–H groups in total. The number of nitrogens with one attached hydrogen (secondary N) is 1. The molecule has 2 heterocycles. The molecule has 4 rings (SSSR count). The van der Waals surface area contributed by atoms with E-state index in [1.807, 2.05) is 13.1 Å². The summed E-state index contributed by atoms with van der Waals surface area (Å²) in [6, 6.07) is 16.9. The Balaban J connectivity index is 1.26. The zero-order chi connectivity index (χ0) is 18.5. The van der Waals surface area contributed by atoms with Gasteiger partial charge < -0.3 is 19.7 Å². The first-order chi connectivity index (χ1) is 13.3. The summed E-state index contributed by atoms with van der Waals surface area (Å²) < 4.78 is 10.8. The van der Waals surface area contributed by atoms with Crippen LogP contribution in [0.15, 0.2) is 53.5 Å². The quantitative estimate of drug-likeness (QED) is 0.653. The first kappa shape index (κ1) is 17.7. The molecule has 0 aromatic heterocycles. The molecule has 0 bridgehead atoms. The van der Waals surface area contributed by atoms with Crippen LogP contribution in [0.5, 0.6) is 11.5 Å². The third kappa shape index (κ3) is 4.35. The minimum atomic E-state index is 0.322. The Bertz CT molecular complexity index is 791. The molecule has 27 heavy (non-hydrogen) atoms. The van der Waals surface area contributed by atoms with Crippen molar-refractivity contribution < 1.29 is 9.47 Å². The Morgan fingerprint density at radius 2 is 1.96 bits per heavy atom. The minimum absolute atomic E-state index is 0.322. The molecule has 5 nitrogen and oxygen atoms in total. The number of aliphatic imine (C=N–C) groups is 1. The molecule has 1 atom stereocenters. The Kier molecular flexibility index (Phi) is 5.47. The second-order valence-electron chi connectivity index (χ2n) is 7.20. The van der Waals surface area contributed by atoms with Crippen molar-refractivity contribution in [3.63, 3.8) is 0 Å². The zero-order valence-electron chi connectivity index (χ0n) is 15.9. The number of likely N-dealkylation sites (tertiary alicyclic amines) is 1. The van der Waals surface area contributed by atoms with Gasteiger partial charge in [0.2, 0.25) is 6.79 Å². The van der Waals surface area contributed by atoms with Gasteiger partial charge in [-0.1, -0.05) is 36.4 Å². The number of rotatable bonds is 5. The Hall–Kier alpha value is -2.69. The Morgan fingerprint density at radius 3 is 2.81 bits per heavy atom. The molecule has 0 radical (unpaired) electrons. The maximum absolute atomic E-state index is 5.46. The van der Waals surface area contributed by atoms with Crippen molar-refractivity contribution in [2.45, 2.75) is 19.3 Å². The molecule has 1 unspecified atom stereocenters. The summed E-state index contributed by atoms with van der Waals surface area (Å²) in [6.07, 6.45) is 3.29. The molecule has 0 aliphatic carbocycles. The predicted octanol–water partition coefficient (Wildman–Crippen LogP) is 3.10.